The van der Waals surface area contributed by atoms with E-state index < -0.39 is 0 Å². The van der Waals surface area contributed by atoms with Crippen LogP contribution in [0.25, 0.3) is 77.6 Å². The molecule has 10 rings (SSSR count). The van der Waals surface area contributed by atoms with Gasteiger partial charge in [0.2, 0.25) is 0 Å². The van der Waals surface area contributed by atoms with Gasteiger partial charge in [0, 0.05) is 22.1 Å². The number of fused-ring (bicyclic) bond motifs is 7. The van der Waals surface area contributed by atoms with E-state index in [4.69, 9.17) is 15.0 Å². The summed E-state index contributed by atoms with van der Waals surface area (Å²) >= 11 is 0. The summed E-state index contributed by atoms with van der Waals surface area (Å²) in [6.07, 6.45) is 0. The molecule has 1 aliphatic rings. The van der Waals surface area contributed by atoms with Crippen molar-refractivity contribution in [3.63, 3.8) is 0 Å². The van der Waals surface area contributed by atoms with Crippen molar-refractivity contribution in [3.05, 3.63) is 187 Å². The molecule has 9 aromatic rings. The van der Waals surface area contributed by atoms with E-state index in [2.05, 4.69) is 159 Å². The van der Waals surface area contributed by atoms with Gasteiger partial charge in [-0.25, -0.2) is 15.0 Å². The Labute approximate surface area is 290 Å². The number of benzene rings is 8. The fourth-order valence-electron chi connectivity index (χ4n) is 8.11. The molecule has 8 aromatic carbocycles. The summed E-state index contributed by atoms with van der Waals surface area (Å²) in [5.41, 5.74) is 8.98. The second-order valence-electron chi connectivity index (χ2n) is 13.3. The van der Waals surface area contributed by atoms with Gasteiger partial charge in [-0.05, 0) is 79.2 Å². The normalized spacial score (nSPS) is 15.0. The molecule has 0 aliphatic heterocycles. The van der Waals surface area contributed by atoms with E-state index in [1.54, 1.807) is 0 Å². The van der Waals surface area contributed by atoms with E-state index in [0.717, 1.165) is 32.8 Å². The molecule has 0 bridgehead atoms. The van der Waals surface area contributed by atoms with Crippen LogP contribution in [-0.2, 0) is 5.41 Å². The fraction of sp³-hybridized carbons (Fsp3) is 0.0426. The van der Waals surface area contributed by atoms with Crippen LogP contribution >= 0.6 is 0 Å². The van der Waals surface area contributed by atoms with Gasteiger partial charge in [0.1, 0.15) is 0 Å². The third kappa shape index (κ3) is 4.27. The molecule has 1 unspecified atom stereocenters. The maximum Gasteiger partial charge on any atom is 0.165 e. The monoisotopic (exact) mass is 637 g/mol. The molecule has 3 nitrogen and oxygen atoms in total. The molecule has 0 fully saturated rings. The SMILES string of the molecule is CC1(c2ccccc2)c2ccccc2-c2ccc(-c3nc(-c4ccccc4)nc(-c4c5ccccc5cc5c4ccc4ccccc45)n3)cc21. The topological polar surface area (TPSA) is 38.7 Å². The first kappa shape index (κ1) is 28.6. The molecule has 50 heavy (non-hydrogen) atoms. The highest BCUT2D eigenvalue weighted by atomic mass is 15.0. The van der Waals surface area contributed by atoms with Crippen LogP contribution in [0.15, 0.2) is 170 Å². The lowest BCUT2D eigenvalue weighted by Gasteiger charge is -2.28. The second-order valence-corrected chi connectivity index (χ2v) is 13.3. The van der Waals surface area contributed by atoms with Gasteiger partial charge in [-0.1, -0.05) is 158 Å². The molecule has 0 amide bonds. The van der Waals surface area contributed by atoms with Gasteiger partial charge in [-0.15, -0.1) is 0 Å². The average Bonchev–Trinajstić information content (AvgIpc) is 3.45. The minimum atomic E-state index is -0.325. The van der Waals surface area contributed by atoms with Crippen LogP contribution in [0.1, 0.15) is 23.6 Å². The molecule has 1 atom stereocenters. The Balaban J connectivity index is 1.25. The Kier molecular flexibility index (Phi) is 6.31. The summed E-state index contributed by atoms with van der Waals surface area (Å²) in [5.74, 6) is 1.98. The summed E-state index contributed by atoms with van der Waals surface area (Å²) < 4.78 is 0. The van der Waals surface area contributed by atoms with Gasteiger partial charge in [0.25, 0.3) is 0 Å². The molecule has 0 N–H and O–H groups in total. The number of nitrogens with zero attached hydrogens (tertiary/aromatic N) is 3. The molecule has 1 heterocycles. The first-order chi connectivity index (χ1) is 24.7. The summed E-state index contributed by atoms with van der Waals surface area (Å²) in [4.78, 5) is 15.8. The first-order valence-corrected chi connectivity index (χ1v) is 17.1. The molecule has 1 aliphatic carbocycles. The fourth-order valence-corrected chi connectivity index (χ4v) is 8.11. The summed E-state index contributed by atoms with van der Waals surface area (Å²) in [6, 6.07) is 60.5. The zero-order valence-corrected chi connectivity index (χ0v) is 27.5. The highest BCUT2D eigenvalue weighted by molar-refractivity contribution is 6.19. The standard InChI is InChI=1S/C47H31N3/c1-47(34-18-6-3-7-19-34)41-23-13-12-22-37(41)38-26-25-33(29-42(38)47)45-48-44(31-15-4-2-5-16-31)49-46(50-45)43-36-21-11-9-17-32(36)28-40-35-20-10-8-14-30(35)24-27-39(40)43/h2-29H,1H3. The van der Waals surface area contributed by atoms with Gasteiger partial charge in [-0.3, -0.25) is 0 Å². The van der Waals surface area contributed by atoms with Gasteiger partial charge >= 0.3 is 0 Å². The van der Waals surface area contributed by atoms with Crippen LogP contribution in [0.4, 0.5) is 0 Å². The highest BCUT2D eigenvalue weighted by Gasteiger charge is 2.40. The lowest BCUT2D eigenvalue weighted by atomic mass is 9.74. The minimum absolute atomic E-state index is 0.325. The first-order valence-electron chi connectivity index (χ1n) is 17.1. The van der Waals surface area contributed by atoms with Gasteiger partial charge in [0.15, 0.2) is 17.5 Å². The van der Waals surface area contributed by atoms with Crippen molar-refractivity contribution in [3.8, 4) is 45.3 Å². The Morgan fingerprint density at radius 3 is 1.82 bits per heavy atom. The summed E-state index contributed by atoms with van der Waals surface area (Å²) in [6.45, 7) is 2.34. The van der Waals surface area contributed by atoms with Crippen LogP contribution in [0.3, 0.4) is 0 Å². The van der Waals surface area contributed by atoms with Crippen molar-refractivity contribution in [1.29, 1.82) is 0 Å². The molecule has 3 heteroatoms. The van der Waals surface area contributed by atoms with E-state index >= 15 is 0 Å². The van der Waals surface area contributed by atoms with Crippen molar-refractivity contribution < 1.29 is 0 Å². The second kappa shape index (κ2) is 11.0. The van der Waals surface area contributed by atoms with E-state index in [1.807, 2.05) is 18.2 Å². The molecule has 0 spiro atoms. The number of aromatic nitrogens is 3. The minimum Gasteiger partial charge on any atom is -0.208 e. The van der Waals surface area contributed by atoms with Gasteiger partial charge < -0.3 is 0 Å². The predicted octanol–water partition coefficient (Wildman–Crippen LogP) is 11.7. The number of hydrogen-bond acceptors (Lipinski definition) is 3. The van der Waals surface area contributed by atoms with E-state index in [9.17, 15) is 0 Å². The molecule has 0 radical (unpaired) electrons. The maximum atomic E-state index is 5.35. The predicted molar refractivity (Wildman–Crippen MR) is 206 cm³/mol. The third-order valence-electron chi connectivity index (χ3n) is 10.6. The summed E-state index contributed by atoms with van der Waals surface area (Å²) in [5, 5.41) is 7.01. The van der Waals surface area contributed by atoms with Crippen molar-refractivity contribution in [2.75, 3.05) is 0 Å². The largest absolute Gasteiger partial charge is 0.208 e. The highest BCUT2D eigenvalue weighted by Crippen LogP contribution is 2.53. The van der Waals surface area contributed by atoms with Crippen LogP contribution < -0.4 is 0 Å². The van der Waals surface area contributed by atoms with Crippen molar-refractivity contribution >= 4 is 32.3 Å². The molecule has 0 saturated carbocycles. The third-order valence-corrected chi connectivity index (χ3v) is 10.6. The Morgan fingerprint density at radius 2 is 1.00 bits per heavy atom. The van der Waals surface area contributed by atoms with E-state index in [-0.39, 0.29) is 5.41 Å². The van der Waals surface area contributed by atoms with E-state index in [0.29, 0.717) is 17.5 Å². The number of rotatable bonds is 4. The molecular weight excluding hydrogens is 607 g/mol. The number of hydrogen-bond donors (Lipinski definition) is 0. The zero-order chi connectivity index (χ0) is 33.2. The Bertz CT molecular complexity index is 2770. The smallest absolute Gasteiger partial charge is 0.165 e. The van der Waals surface area contributed by atoms with Gasteiger partial charge in [0.05, 0.1) is 0 Å². The zero-order valence-electron chi connectivity index (χ0n) is 27.5. The van der Waals surface area contributed by atoms with Crippen LogP contribution in [0.2, 0.25) is 0 Å². The van der Waals surface area contributed by atoms with Gasteiger partial charge in [-0.2, -0.15) is 0 Å². The van der Waals surface area contributed by atoms with E-state index in [1.165, 1.54) is 44.0 Å². The molecular formula is C47H31N3. The lowest BCUT2D eigenvalue weighted by Crippen LogP contribution is -2.22. The van der Waals surface area contributed by atoms with Crippen molar-refractivity contribution in [2.24, 2.45) is 0 Å². The summed E-state index contributed by atoms with van der Waals surface area (Å²) in [7, 11) is 0. The van der Waals surface area contributed by atoms with Crippen molar-refractivity contribution in [2.45, 2.75) is 12.3 Å². The van der Waals surface area contributed by atoms with Crippen LogP contribution in [-0.4, -0.2) is 15.0 Å². The Hall–Kier alpha value is -6.45. The van der Waals surface area contributed by atoms with Crippen LogP contribution in [0.5, 0.6) is 0 Å². The maximum absolute atomic E-state index is 5.35. The van der Waals surface area contributed by atoms with Crippen molar-refractivity contribution in [1.82, 2.24) is 15.0 Å². The van der Waals surface area contributed by atoms with Crippen LogP contribution in [0, 0.1) is 0 Å². The molecule has 0 saturated heterocycles. The molecule has 1 aromatic heterocycles. The molecule has 234 valence electrons. The average molecular weight is 638 g/mol. The quantitative estimate of drug-likeness (QED) is 0.142. The lowest BCUT2D eigenvalue weighted by molar-refractivity contribution is 0.714. The Morgan fingerprint density at radius 1 is 0.380 bits per heavy atom.